The lowest BCUT2D eigenvalue weighted by atomic mass is 10.00. The summed E-state index contributed by atoms with van der Waals surface area (Å²) in [5.74, 6) is -0.440. The molecule has 0 unspecified atom stereocenters. The van der Waals surface area contributed by atoms with Gasteiger partial charge in [-0.3, -0.25) is 4.79 Å². The van der Waals surface area contributed by atoms with Gasteiger partial charge in [-0.05, 0) is 32.0 Å². The molecule has 1 fully saturated rings. The number of aromatic nitrogens is 3. The summed E-state index contributed by atoms with van der Waals surface area (Å²) in [6.45, 7) is 6.09. The second-order valence-corrected chi connectivity index (χ2v) is 5.94. The van der Waals surface area contributed by atoms with Crippen molar-refractivity contribution in [2.24, 2.45) is 0 Å². The standard InChI is InChI=1S/C15H18FN5O/c1-15(2)9-17-6-7-20(15)14(22)13-18-10-21(19-13)12-5-3-4-11(16)8-12/h3-5,8,10,17H,6-7,9H2,1-2H3. The summed E-state index contributed by atoms with van der Waals surface area (Å²) in [7, 11) is 0. The molecule has 1 aliphatic rings. The van der Waals surface area contributed by atoms with E-state index in [2.05, 4.69) is 15.4 Å². The number of carbonyl (C=O) groups is 1. The first kappa shape index (κ1) is 14.6. The number of benzene rings is 1. The summed E-state index contributed by atoms with van der Waals surface area (Å²) in [4.78, 5) is 18.5. The summed E-state index contributed by atoms with van der Waals surface area (Å²) >= 11 is 0. The van der Waals surface area contributed by atoms with Gasteiger partial charge in [0, 0.05) is 19.6 Å². The molecule has 7 heteroatoms. The predicted octanol–water partition coefficient (Wildman–Crippen LogP) is 1.23. The van der Waals surface area contributed by atoms with E-state index in [1.807, 2.05) is 13.8 Å². The van der Waals surface area contributed by atoms with Crippen molar-refractivity contribution in [2.45, 2.75) is 19.4 Å². The lowest BCUT2D eigenvalue weighted by Gasteiger charge is -2.42. The molecule has 22 heavy (non-hydrogen) atoms. The molecule has 116 valence electrons. The average Bonchev–Trinajstić information content (AvgIpc) is 2.96. The van der Waals surface area contributed by atoms with E-state index in [0.717, 1.165) is 13.1 Å². The number of rotatable bonds is 2. The van der Waals surface area contributed by atoms with Gasteiger partial charge in [-0.1, -0.05) is 6.07 Å². The van der Waals surface area contributed by atoms with Gasteiger partial charge in [0.15, 0.2) is 0 Å². The zero-order valence-corrected chi connectivity index (χ0v) is 12.6. The maximum absolute atomic E-state index is 13.3. The highest BCUT2D eigenvalue weighted by Gasteiger charge is 2.35. The molecule has 6 nitrogen and oxygen atoms in total. The molecule has 1 saturated heterocycles. The Morgan fingerprint density at radius 2 is 2.23 bits per heavy atom. The summed E-state index contributed by atoms with van der Waals surface area (Å²) < 4.78 is 14.7. The quantitative estimate of drug-likeness (QED) is 0.906. The number of hydrogen-bond acceptors (Lipinski definition) is 4. The highest BCUT2D eigenvalue weighted by atomic mass is 19.1. The van der Waals surface area contributed by atoms with E-state index >= 15 is 0 Å². The van der Waals surface area contributed by atoms with Crippen LogP contribution in [0.5, 0.6) is 0 Å². The van der Waals surface area contributed by atoms with E-state index in [4.69, 9.17) is 0 Å². The highest BCUT2D eigenvalue weighted by molar-refractivity contribution is 5.91. The number of piperazine rings is 1. The minimum Gasteiger partial charge on any atom is -0.328 e. The number of halogens is 1. The monoisotopic (exact) mass is 303 g/mol. The Hall–Kier alpha value is -2.28. The molecule has 1 N–H and O–H groups in total. The van der Waals surface area contributed by atoms with Crippen molar-refractivity contribution in [3.63, 3.8) is 0 Å². The SMILES string of the molecule is CC1(C)CNCCN1C(=O)c1ncn(-c2cccc(F)c2)n1. The van der Waals surface area contributed by atoms with Crippen molar-refractivity contribution in [3.05, 3.63) is 42.2 Å². The lowest BCUT2D eigenvalue weighted by Crippen LogP contribution is -2.60. The Bertz CT molecular complexity index is 697. The fourth-order valence-corrected chi connectivity index (χ4v) is 2.58. The molecule has 1 aromatic carbocycles. The zero-order valence-electron chi connectivity index (χ0n) is 12.6. The molecule has 1 amide bonds. The molecule has 0 radical (unpaired) electrons. The predicted molar refractivity (Wildman–Crippen MR) is 79.3 cm³/mol. The lowest BCUT2D eigenvalue weighted by molar-refractivity contribution is 0.0465. The second kappa shape index (κ2) is 5.49. The molecule has 2 aromatic rings. The largest absolute Gasteiger partial charge is 0.328 e. The molecule has 0 bridgehead atoms. The third-order valence-corrected chi connectivity index (χ3v) is 3.80. The van der Waals surface area contributed by atoms with Crippen LogP contribution >= 0.6 is 0 Å². The summed E-state index contributed by atoms with van der Waals surface area (Å²) in [6, 6.07) is 6.00. The fourth-order valence-electron chi connectivity index (χ4n) is 2.58. The first-order valence-electron chi connectivity index (χ1n) is 7.18. The molecule has 1 aromatic heterocycles. The van der Waals surface area contributed by atoms with E-state index < -0.39 is 0 Å². The van der Waals surface area contributed by atoms with Gasteiger partial charge in [0.05, 0.1) is 11.2 Å². The van der Waals surface area contributed by atoms with Crippen molar-refractivity contribution in [1.82, 2.24) is 25.0 Å². The number of nitrogens with zero attached hydrogens (tertiary/aromatic N) is 4. The molecule has 0 atom stereocenters. The summed E-state index contributed by atoms with van der Waals surface area (Å²) in [5.41, 5.74) is 0.241. The van der Waals surface area contributed by atoms with Gasteiger partial charge in [0.2, 0.25) is 5.82 Å². The molecule has 2 heterocycles. The molecular weight excluding hydrogens is 285 g/mol. The molecule has 3 rings (SSSR count). The van der Waals surface area contributed by atoms with Gasteiger partial charge in [-0.15, -0.1) is 5.10 Å². The Kier molecular flexibility index (Phi) is 3.66. The third-order valence-electron chi connectivity index (χ3n) is 3.80. The Balaban J connectivity index is 1.86. The van der Waals surface area contributed by atoms with Gasteiger partial charge in [0.1, 0.15) is 12.1 Å². The van der Waals surface area contributed by atoms with Gasteiger partial charge in [-0.25, -0.2) is 14.1 Å². The van der Waals surface area contributed by atoms with Crippen molar-refractivity contribution in [3.8, 4) is 5.69 Å². The van der Waals surface area contributed by atoms with Crippen LogP contribution < -0.4 is 5.32 Å². The van der Waals surface area contributed by atoms with Gasteiger partial charge in [0.25, 0.3) is 5.91 Å². The average molecular weight is 303 g/mol. The van der Waals surface area contributed by atoms with E-state index in [1.165, 1.54) is 23.1 Å². The summed E-state index contributed by atoms with van der Waals surface area (Å²) in [6.07, 6.45) is 1.43. The van der Waals surface area contributed by atoms with Crippen molar-refractivity contribution < 1.29 is 9.18 Å². The maximum Gasteiger partial charge on any atom is 0.294 e. The van der Waals surface area contributed by atoms with E-state index in [-0.39, 0.29) is 23.1 Å². The molecule has 0 aliphatic carbocycles. The van der Waals surface area contributed by atoms with E-state index in [0.29, 0.717) is 12.2 Å². The van der Waals surface area contributed by atoms with Gasteiger partial charge < -0.3 is 10.2 Å². The van der Waals surface area contributed by atoms with Crippen molar-refractivity contribution in [1.29, 1.82) is 0 Å². The number of nitrogens with one attached hydrogen (secondary N) is 1. The summed E-state index contributed by atoms with van der Waals surface area (Å²) in [5, 5.41) is 7.46. The van der Waals surface area contributed by atoms with E-state index in [9.17, 15) is 9.18 Å². The topological polar surface area (TPSA) is 63.1 Å². The minimum absolute atomic E-state index is 0.124. The van der Waals surface area contributed by atoms with Crippen LogP contribution in [0.15, 0.2) is 30.6 Å². The van der Waals surface area contributed by atoms with Crippen LogP contribution in [0.2, 0.25) is 0 Å². The second-order valence-electron chi connectivity index (χ2n) is 5.94. The van der Waals surface area contributed by atoms with Crippen LogP contribution in [0.1, 0.15) is 24.5 Å². The van der Waals surface area contributed by atoms with Gasteiger partial charge >= 0.3 is 0 Å². The molecular formula is C15H18FN5O. The van der Waals surface area contributed by atoms with Crippen LogP contribution in [0, 0.1) is 5.82 Å². The van der Waals surface area contributed by atoms with Gasteiger partial charge in [-0.2, -0.15) is 0 Å². The first-order valence-corrected chi connectivity index (χ1v) is 7.18. The van der Waals surface area contributed by atoms with Crippen LogP contribution in [-0.4, -0.2) is 50.7 Å². The maximum atomic E-state index is 13.3. The van der Waals surface area contributed by atoms with Crippen LogP contribution in [0.3, 0.4) is 0 Å². The van der Waals surface area contributed by atoms with Crippen molar-refractivity contribution >= 4 is 5.91 Å². The minimum atomic E-state index is -0.357. The normalized spacial score (nSPS) is 17.5. The number of carbonyl (C=O) groups excluding carboxylic acids is 1. The van der Waals surface area contributed by atoms with Crippen LogP contribution in [0.25, 0.3) is 5.69 Å². The van der Waals surface area contributed by atoms with Crippen molar-refractivity contribution in [2.75, 3.05) is 19.6 Å². The smallest absolute Gasteiger partial charge is 0.294 e. The molecule has 0 spiro atoms. The Labute approximate surface area is 128 Å². The Morgan fingerprint density at radius 1 is 1.41 bits per heavy atom. The van der Waals surface area contributed by atoms with Crippen LogP contribution in [0.4, 0.5) is 4.39 Å². The van der Waals surface area contributed by atoms with E-state index in [1.54, 1.807) is 17.0 Å². The first-order chi connectivity index (χ1) is 10.5. The molecule has 1 aliphatic heterocycles. The highest BCUT2D eigenvalue weighted by Crippen LogP contribution is 2.18. The number of hydrogen-bond donors (Lipinski definition) is 1. The number of amides is 1. The molecule has 0 saturated carbocycles. The fraction of sp³-hybridized carbons (Fsp3) is 0.400. The Morgan fingerprint density at radius 3 is 2.95 bits per heavy atom. The zero-order chi connectivity index (χ0) is 15.7. The third kappa shape index (κ3) is 2.71. The van der Waals surface area contributed by atoms with Crippen LogP contribution in [-0.2, 0) is 0 Å².